The highest BCUT2D eigenvalue weighted by molar-refractivity contribution is 14.1. The fourth-order valence-electron chi connectivity index (χ4n) is 2.72. The number of methoxy groups -OCH3 is 1. The predicted molar refractivity (Wildman–Crippen MR) is 110 cm³/mol. The number of nitrogens with zero attached hydrogens (tertiary/aromatic N) is 1. The Morgan fingerprint density at radius 1 is 1.21 bits per heavy atom. The molecule has 0 aliphatic carbocycles. The van der Waals surface area contributed by atoms with Crippen LogP contribution in [0.15, 0.2) is 42.1 Å². The fraction of sp³-hybridized carbons (Fsp3) is 0.200. The van der Waals surface area contributed by atoms with Gasteiger partial charge in [0, 0.05) is 6.54 Å². The van der Waals surface area contributed by atoms with Gasteiger partial charge in [-0.3, -0.25) is 9.69 Å². The van der Waals surface area contributed by atoms with Gasteiger partial charge < -0.3 is 14.8 Å². The molecule has 0 aromatic heterocycles. The van der Waals surface area contributed by atoms with Crippen LogP contribution < -0.4 is 14.8 Å². The van der Waals surface area contributed by atoms with E-state index in [1.807, 2.05) is 6.07 Å². The van der Waals surface area contributed by atoms with Gasteiger partial charge in [0.15, 0.2) is 11.5 Å². The number of halogens is 2. The van der Waals surface area contributed by atoms with Gasteiger partial charge in [-0.2, -0.15) is 0 Å². The van der Waals surface area contributed by atoms with Crippen molar-refractivity contribution in [2.24, 2.45) is 0 Å². The minimum absolute atomic E-state index is 0.213. The Morgan fingerprint density at radius 2 is 1.93 bits per heavy atom. The molecular weight excluding hydrogens is 478 g/mol. The molecule has 1 N–H and O–H groups in total. The first-order valence-electron chi connectivity index (χ1n) is 8.52. The summed E-state index contributed by atoms with van der Waals surface area (Å²) < 4.78 is 25.1. The number of amides is 3. The normalized spacial score (nSPS) is 15.1. The van der Waals surface area contributed by atoms with E-state index in [4.69, 9.17) is 9.47 Å². The highest BCUT2D eigenvalue weighted by Crippen LogP contribution is 2.35. The van der Waals surface area contributed by atoms with Crippen LogP contribution in [0.2, 0.25) is 0 Å². The summed E-state index contributed by atoms with van der Waals surface area (Å²) in [5, 5.41) is 2.57. The van der Waals surface area contributed by atoms with E-state index in [2.05, 4.69) is 27.9 Å². The molecule has 146 valence electrons. The number of benzene rings is 2. The summed E-state index contributed by atoms with van der Waals surface area (Å²) in [6, 6.07) is 9.18. The lowest BCUT2D eigenvalue weighted by Gasteiger charge is -2.14. The number of carbonyl (C=O) groups excluding carboxylic acids is 2. The molecule has 28 heavy (non-hydrogen) atoms. The van der Waals surface area contributed by atoms with Crippen LogP contribution >= 0.6 is 22.6 Å². The van der Waals surface area contributed by atoms with E-state index >= 15 is 0 Å². The van der Waals surface area contributed by atoms with Crippen molar-refractivity contribution >= 4 is 40.6 Å². The highest BCUT2D eigenvalue weighted by atomic mass is 127. The van der Waals surface area contributed by atoms with Gasteiger partial charge in [0.1, 0.15) is 18.1 Å². The summed E-state index contributed by atoms with van der Waals surface area (Å²) in [6.45, 7) is 2.30. The first kappa shape index (κ1) is 20.1. The number of imide groups is 1. The van der Waals surface area contributed by atoms with E-state index in [9.17, 15) is 14.0 Å². The van der Waals surface area contributed by atoms with Gasteiger partial charge in [-0.15, -0.1) is 0 Å². The van der Waals surface area contributed by atoms with Crippen LogP contribution in [0, 0.1) is 9.39 Å². The van der Waals surface area contributed by atoms with E-state index in [-0.39, 0.29) is 24.0 Å². The number of urea groups is 1. The Kier molecular flexibility index (Phi) is 6.18. The van der Waals surface area contributed by atoms with Crippen molar-refractivity contribution in [3.8, 4) is 11.5 Å². The quantitative estimate of drug-likeness (QED) is 0.374. The number of carbonyl (C=O) groups is 2. The van der Waals surface area contributed by atoms with Gasteiger partial charge in [0.2, 0.25) is 0 Å². The SMILES string of the molecule is CCN1C(=O)N/C(=C/c2cc(I)c(OCc3ccc(F)cc3)c(OC)c2)C1=O. The van der Waals surface area contributed by atoms with E-state index in [0.29, 0.717) is 23.6 Å². The van der Waals surface area contributed by atoms with Crippen molar-refractivity contribution in [2.75, 3.05) is 13.7 Å². The molecule has 0 unspecified atom stereocenters. The largest absolute Gasteiger partial charge is 0.493 e. The van der Waals surface area contributed by atoms with Crippen molar-refractivity contribution in [3.63, 3.8) is 0 Å². The number of nitrogens with one attached hydrogen (secondary N) is 1. The first-order chi connectivity index (χ1) is 13.4. The number of rotatable bonds is 6. The Morgan fingerprint density at radius 3 is 2.54 bits per heavy atom. The number of ether oxygens (including phenoxy) is 2. The summed E-state index contributed by atoms with van der Waals surface area (Å²) in [7, 11) is 1.52. The van der Waals surface area contributed by atoms with Crippen molar-refractivity contribution in [1.29, 1.82) is 0 Å². The number of likely N-dealkylation sites (N-methyl/N-ethyl adjacent to an activating group) is 1. The molecule has 1 aliphatic heterocycles. The maximum absolute atomic E-state index is 13.0. The Labute approximate surface area is 175 Å². The molecule has 2 aromatic carbocycles. The van der Waals surface area contributed by atoms with Gasteiger partial charge in [-0.1, -0.05) is 12.1 Å². The van der Waals surface area contributed by atoms with E-state index in [0.717, 1.165) is 14.0 Å². The molecule has 2 aromatic rings. The van der Waals surface area contributed by atoms with Crippen LogP contribution in [0.5, 0.6) is 11.5 Å². The maximum atomic E-state index is 13.0. The van der Waals surface area contributed by atoms with Gasteiger partial charge in [0.25, 0.3) is 5.91 Å². The second-order valence-corrected chi connectivity index (χ2v) is 7.15. The second-order valence-electron chi connectivity index (χ2n) is 5.99. The summed E-state index contributed by atoms with van der Waals surface area (Å²) in [4.78, 5) is 25.1. The van der Waals surface area contributed by atoms with Crippen molar-refractivity contribution in [3.05, 3.63) is 62.6 Å². The molecule has 6 nitrogen and oxygen atoms in total. The Hall–Kier alpha value is -2.62. The third-order valence-electron chi connectivity index (χ3n) is 4.14. The number of hydrogen-bond acceptors (Lipinski definition) is 4. The standard InChI is InChI=1S/C20H18FIN2O4/c1-3-24-19(25)16(23-20(24)26)9-13-8-15(22)18(17(10-13)27-2)28-11-12-4-6-14(21)7-5-12/h4-10H,3,11H2,1-2H3,(H,23,26)/b16-9+. The Balaban J connectivity index is 1.83. The molecule has 0 spiro atoms. The van der Waals surface area contributed by atoms with Gasteiger partial charge in [-0.25, -0.2) is 9.18 Å². The minimum Gasteiger partial charge on any atom is -0.493 e. The van der Waals surface area contributed by atoms with Gasteiger partial charge in [0.05, 0.1) is 10.7 Å². The van der Waals surface area contributed by atoms with E-state index in [1.54, 1.807) is 31.2 Å². The zero-order valence-corrected chi connectivity index (χ0v) is 17.4. The minimum atomic E-state index is -0.431. The first-order valence-corrected chi connectivity index (χ1v) is 9.60. The van der Waals surface area contributed by atoms with Crippen molar-refractivity contribution in [1.82, 2.24) is 10.2 Å². The molecule has 8 heteroatoms. The fourth-order valence-corrected chi connectivity index (χ4v) is 3.51. The topological polar surface area (TPSA) is 67.9 Å². The average Bonchev–Trinajstić information content (AvgIpc) is 2.94. The molecule has 0 radical (unpaired) electrons. The van der Waals surface area contributed by atoms with Gasteiger partial charge >= 0.3 is 6.03 Å². The molecule has 1 saturated heterocycles. The third-order valence-corrected chi connectivity index (χ3v) is 4.94. The summed E-state index contributed by atoms with van der Waals surface area (Å²) >= 11 is 2.11. The lowest BCUT2D eigenvalue weighted by molar-refractivity contribution is -0.122. The molecular formula is C20H18FIN2O4. The third kappa shape index (κ3) is 4.27. The lowest BCUT2D eigenvalue weighted by atomic mass is 10.1. The maximum Gasteiger partial charge on any atom is 0.328 e. The molecule has 3 amide bonds. The smallest absolute Gasteiger partial charge is 0.328 e. The average molecular weight is 496 g/mol. The molecule has 0 saturated carbocycles. The predicted octanol–water partition coefficient (Wildman–Crippen LogP) is 3.93. The summed E-state index contributed by atoms with van der Waals surface area (Å²) in [6.07, 6.45) is 1.60. The zero-order valence-electron chi connectivity index (χ0n) is 15.3. The zero-order chi connectivity index (χ0) is 20.3. The molecule has 0 atom stereocenters. The molecule has 3 rings (SSSR count). The van der Waals surface area contributed by atoms with Crippen LogP contribution in [0.4, 0.5) is 9.18 Å². The van der Waals surface area contributed by atoms with Crippen LogP contribution in [-0.2, 0) is 11.4 Å². The highest BCUT2D eigenvalue weighted by Gasteiger charge is 2.32. The molecule has 0 bridgehead atoms. The molecule has 1 fully saturated rings. The Bertz CT molecular complexity index is 944. The van der Waals surface area contributed by atoms with Gasteiger partial charge in [-0.05, 0) is 71.0 Å². The summed E-state index contributed by atoms with van der Waals surface area (Å²) in [5.41, 5.74) is 1.73. The van der Waals surface area contributed by atoms with Crippen molar-refractivity contribution < 1.29 is 23.5 Å². The monoisotopic (exact) mass is 496 g/mol. The van der Waals surface area contributed by atoms with E-state index < -0.39 is 6.03 Å². The lowest BCUT2D eigenvalue weighted by Crippen LogP contribution is -2.30. The van der Waals surface area contributed by atoms with Crippen LogP contribution in [0.25, 0.3) is 6.08 Å². The molecule has 1 aliphatic rings. The van der Waals surface area contributed by atoms with E-state index in [1.165, 1.54) is 19.2 Å². The van der Waals surface area contributed by atoms with Crippen LogP contribution in [0.3, 0.4) is 0 Å². The van der Waals surface area contributed by atoms with Crippen molar-refractivity contribution in [2.45, 2.75) is 13.5 Å². The summed E-state index contributed by atoms with van der Waals surface area (Å²) in [5.74, 6) is 0.373. The second kappa shape index (κ2) is 8.59. The van der Waals surface area contributed by atoms with Crippen LogP contribution in [-0.4, -0.2) is 30.5 Å². The van der Waals surface area contributed by atoms with Crippen LogP contribution in [0.1, 0.15) is 18.1 Å². The number of hydrogen-bond donors (Lipinski definition) is 1. The molecule has 1 heterocycles.